The van der Waals surface area contributed by atoms with Gasteiger partial charge in [-0.15, -0.1) is 0 Å². The van der Waals surface area contributed by atoms with E-state index in [0.29, 0.717) is 29.4 Å². The first-order valence-corrected chi connectivity index (χ1v) is 11.6. The minimum atomic E-state index is -0.375. The second kappa shape index (κ2) is 9.18. The lowest BCUT2D eigenvalue weighted by molar-refractivity contribution is 0.0917. The van der Waals surface area contributed by atoms with Crippen molar-refractivity contribution in [2.45, 2.75) is 25.4 Å². The Labute approximate surface area is 190 Å². The van der Waals surface area contributed by atoms with Gasteiger partial charge in [-0.05, 0) is 54.7 Å². The highest BCUT2D eigenvalue weighted by Crippen LogP contribution is 2.32. The lowest BCUT2D eigenvalue weighted by Crippen LogP contribution is -2.37. The normalized spacial score (nSPS) is 15.8. The molecule has 0 saturated carbocycles. The average Bonchev–Trinajstić information content (AvgIpc) is 3.49. The maximum Gasteiger partial charge on any atom is 0.260 e. The van der Waals surface area contributed by atoms with Crippen LogP contribution in [0.1, 0.15) is 34.3 Å². The van der Waals surface area contributed by atoms with Crippen molar-refractivity contribution < 1.29 is 13.9 Å². The smallest absolute Gasteiger partial charge is 0.260 e. The van der Waals surface area contributed by atoms with E-state index in [0.717, 1.165) is 29.5 Å². The van der Waals surface area contributed by atoms with Crippen LogP contribution in [0.15, 0.2) is 72.8 Å². The first-order valence-electron chi connectivity index (χ1n) is 10.8. The van der Waals surface area contributed by atoms with E-state index in [2.05, 4.69) is 17.1 Å². The summed E-state index contributed by atoms with van der Waals surface area (Å²) in [6, 6.07) is 22.8. The van der Waals surface area contributed by atoms with Crippen molar-refractivity contribution in [2.75, 3.05) is 18.1 Å². The quantitative estimate of drug-likeness (QED) is 0.373. The third kappa shape index (κ3) is 4.42. The Morgan fingerprint density at radius 3 is 2.53 bits per heavy atom. The van der Waals surface area contributed by atoms with Gasteiger partial charge in [0, 0.05) is 12.2 Å². The molecule has 0 N–H and O–H groups in total. The Morgan fingerprint density at radius 1 is 1.03 bits per heavy atom. The van der Waals surface area contributed by atoms with Crippen LogP contribution in [0.2, 0.25) is 0 Å². The lowest BCUT2D eigenvalue weighted by Gasteiger charge is -2.23. The molecule has 1 aliphatic heterocycles. The highest BCUT2D eigenvalue weighted by atomic mass is 32.1. The Kier molecular flexibility index (Phi) is 5.97. The summed E-state index contributed by atoms with van der Waals surface area (Å²) in [6.07, 6.45) is 2.66. The number of hydrogen-bond acceptors (Lipinski definition) is 4. The number of halogens is 1. The van der Waals surface area contributed by atoms with E-state index in [1.165, 1.54) is 23.0 Å². The van der Waals surface area contributed by atoms with Gasteiger partial charge in [0.15, 0.2) is 5.13 Å². The van der Waals surface area contributed by atoms with Gasteiger partial charge < -0.3 is 4.74 Å². The van der Waals surface area contributed by atoms with Crippen LogP contribution in [-0.2, 0) is 11.2 Å². The van der Waals surface area contributed by atoms with Crippen LogP contribution in [-0.4, -0.2) is 30.1 Å². The van der Waals surface area contributed by atoms with E-state index in [4.69, 9.17) is 4.74 Å². The molecule has 1 fully saturated rings. The molecule has 1 unspecified atom stereocenters. The van der Waals surface area contributed by atoms with Crippen LogP contribution in [0, 0.1) is 5.82 Å². The van der Waals surface area contributed by atoms with Gasteiger partial charge in [0.2, 0.25) is 0 Å². The molecule has 1 saturated heterocycles. The highest BCUT2D eigenvalue weighted by Gasteiger charge is 2.27. The molecule has 6 heteroatoms. The molecule has 2 heterocycles. The fourth-order valence-electron chi connectivity index (χ4n) is 4.01. The highest BCUT2D eigenvalue weighted by molar-refractivity contribution is 7.22. The van der Waals surface area contributed by atoms with Gasteiger partial charge in [0.05, 0.1) is 17.3 Å². The molecule has 1 amide bonds. The zero-order valence-electron chi connectivity index (χ0n) is 17.5. The number of para-hydroxylation sites is 1. The monoisotopic (exact) mass is 446 g/mol. The minimum Gasteiger partial charge on any atom is -0.376 e. The maximum absolute atomic E-state index is 14.2. The van der Waals surface area contributed by atoms with Crippen LogP contribution < -0.4 is 4.90 Å². The summed E-state index contributed by atoms with van der Waals surface area (Å²) in [5, 5.41) is 0.499. The number of rotatable bonds is 6. The number of thiazole rings is 1. The topological polar surface area (TPSA) is 42.4 Å². The molecule has 3 aromatic carbocycles. The molecule has 32 heavy (non-hydrogen) atoms. The zero-order chi connectivity index (χ0) is 21.9. The van der Waals surface area contributed by atoms with E-state index in [9.17, 15) is 9.18 Å². The van der Waals surface area contributed by atoms with Crippen molar-refractivity contribution in [2.24, 2.45) is 0 Å². The first kappa shape index (κ1) is 20.8. The van der Waals surface area contributed by atoms with Crippen LogP contribution >= 0.6 is 11.3 Å². The Balaban J connectivity index is 1.42. The second-order valence-corrected chi connectivity index (χ2v) is 9.00. The Bertz CT molecular complexity index is 1220. The molecule has 162 valence electrons. The molecule has 5 rings (SSSR count). The maximum atomic E-state index is 14.2. The van der Waals surface area contributed by atoms with Crippen LogP contribution in [0.25, 0.3) is 10.2 Å². The summed E-state index contributed by atoms with van der Waals surface area (Å²) in [5.74, 6) is -0.522. The van der Waals surface area contributed by atoms with E-state index in [1.54, 1.807) is 11.0 Å². The van der Waals surface area contributed by atoms with Crippen LogP contribution in [0.3, 0.4) is 0 Å². The fraction of sp³-hybridized carbons (Fsp3) is 0.231. The van der Waals surface area contributed by atoms with Crippen molar-refractivity contribution >= 4 is 32.6 Å². The molecule has 0 aliphatic carbocycles. The standard InChI is InChI=1S/C26H23FN2O2S/c27-22-9-4-10-23-24(22)28-26(32-23)29(17-21-8-5-15-31-21)25(30)20-13-11-19(12-14-20)16-18-6-2-1-3-7-18/h1-4,6-7,9-14,21H,5,8,15-17H2. The number of nitrogens with zero attached hydrogens (tertiary/aromatic N) is 2. The fourth-order valence-corrected chi connectivity index (χ4v) is 5.00. The van der Waals surface area contributed by atoms with Gasteiger partial charge >= 0.3 is 0 Å². The molecule has 1 aliphatic rings. The van der Waals surface area contributed by atoms with Crippen LogP contribution in [0.5, 0.6) is 0 Å². The van der Waals surface area contributed by atoms with Gasteiger partial charge in [-0.3, -0.25) is 9.69 Å². The number of anilines is 1. The van der Waals surface area contributed by atoms with Gasteiger partial charge in [0.1, 0.15) is 11.3 Å². The summed E-state index contributed by atoms with van der Waals surface area (Å²) in [5.41, 5.74) is 3.25. The third-order valence-electron chi connectivity index (χ3n) is 5.70. The van der Waals surface area contributed by atoms with E-state index >= 15 is 0 Å². The molecule has 0 spiro atoms. The molecular weight excluding hydrogens is 423 g/mol. The lowest BCUT2D eigenvalue weighted by atomic mass is 10.0. The van der Waals surface area contributed by atoms with Crippen molar-refractivity contribution in [3.8, 4) is 0 Å². The molecule has 4 aromatic rings. The number of ether oxygens (including phenoxy) is 1. The van der Waals surface area contributed by atoms with Crippen molar-refractivity contribution in [3.63, 3.8) is 0 Å². The van der Waals surface area contributed by atoms with E-state index in [1.807, 2.05) is 48.5 Å². The van der Waals surface area contributed by atoms with Crippen molar-refractivity contribution in [1.82, 2.24) is 4.98 Å². The Morgan fingerprint density at radius 2 is 1.81 bits per heavy atom. The number of carbonyl (C=O) groups excluding carboxylic acids is 1. The number of hydrogen-bond donors (Lipinski definition) is 0. The van der Waals surface area contributed by atoms with Crippen LogP contribution in [0.4, 0.5) is 9.52 Å². The summed E-state index contributed by atoms with van der Waals surface area (Å²) in [6.45, 7) is 1.11. The summed E-state index contributed by atoms with van der Waals surface area (Å²) in [4.78, 5) is 19.6. The molecule has 1 atom stereocenters. The van der Waals surface area contributed by atoms with Crippen molar-refractivity contribution in [3.05, 3.63) is 95.3 Å². The Hall–Kier alpha value is -3.09. The van der Waals surface area contributed by atoms with Gasteiger partial charge in [-0.1, -0.05) is 59.9 Å². The number of amides is 1. The number of benzene rings is 3. The molecule has 0 radical (unpaired) electrons. The predicted octanol–water partition coefficient (Wildman–Crippen LogP) is 5.85. The summed E-state index contributed by atoms with van der Waals surface area (Å²) < 4.78 is 20.7. The largest absolute Gasteiger partial charge is 0.376 e. The SMILES string of the molecule is O=C(c1ccc(Cc2ccccc2)cc1)N(CC1CCCO1)c1nc2c(F)cccc2s1. The van der Waals surface area contributed by atoms with Gasteiger partial charge in [0.25, 0.3) is 5.91 Å². The average molecular weight is 447 g/mol. The van der Waals surface area contributed by atoms with E-state index in [-0.39, 0.29) is 17.8 Å². The van der Waals surface area contributed by atoms with Gasteiger partial charge in [-0.2, -0.15) is 0 Å². The van der Waals surface area contributed by atoms with Gasteiger partial charge in [-0.25, -0.2) is 9.37 Å². The molecular formula is C26H23FN2O2S. The summed E-state index contributed by atoms with van der Waals surface area (Å²) in [7, 11) is 0. The zero-order valence-corrected chi connectivity index (χ0v) is 18.4. The first-order chi connectivity index (χ1) is 15.7. The number of aromatic nitrogens is 1. The molecule has 4 nitrogen and oxygen atoms in total. The summed E-state index contributed by atoms with van der Waals surface area (Å²) >= 11 is 1.33. The number of fused-ring (bicyclic) bond motifs is 1. The minimum absolute atomic E-state index is 0.0341. The predicted molar refractivity (Wildman–Crippen MR) is 126 cm³/mol. The molecule has 0 bridgehead atoms. The second-order valence-electron chi connectivity index (χ2n) is 7.99. The van der Waals surface area contributed by atoms with Crippen molar-refractivity contribution in [1.29, 1.82) is 0 Å². The van der Waals surface area contributed by atoms with E-state index < -0.39 is 0 Å². The number of carbonyl (C=O) groups is 1. The third-order valence-corrected chi connectivity index (χ3v) is 6.74. The molecule has 1 aromatic heterocycles.